The van der Waals surface area contributed by atoms with E-state index in [2.05, 4.69) is 15.5 Å². The first-order valence-electron chi connectivity index (χ1n) is 6.36. The predicted octanol–water partition coefficient (Wildman–Crippen LogP) is 2.55. The van der Waals surface area contributed by atoms with E-state index in [4.69, 9.17) is 0 Å². The molecule has 2 aromatic rings. The van der Waals surface area contributed by atoms with Gasteiger partial charge in [-0.05, 0) is 31.9 Å². The van der Waals surface area contributed by atoms with Crippen LogP contribution in [-0.2, 0) is 11.8 Å². The molecule has 0 aliphatic heterocycles. The number of benzene rings is 1. The summed E-state index contributed by atoms with van der Waals surface area (Å²) in [5.74, 6) is -0.0320. The molecule has 106 valence electrons. The van der Waals surface area contributed by atoms with Crippen LogP contribution < -0.4 is 5.32 Å². The van der Waals surface area contributed by atoms with E-state index in [1.165, 1.54) is 11.8 Å². The molecule has 1 atom stereocenters. The predicted molar refractivity (Wildman–Crippen MR) is 80.9 cm³/mol. The van der Waals surface area contributed by atoms with Crippen molar-refractivity contribution in [1.82, 2.24) is 14.8 Å². The van der Waals surface area contributed by atoms with E-state index in [0.29, 0.717) is 0 Å². The van der Waals surface area contributed by atoms with Gasteiger partial charge in [-0.1, -0.05) is 30.0 Å². The molecular weight excluding hydrogens is 272 g/mol. The van der Waals surface area contributed by atoms with Crippen LogP contribution in [-0.4, -0.2) is 25.9 Å². The number of aromatic nitrogens is 3. The van der Waals surface area contributed by atoms with Crippen LogP contribution in [0.25, 0.3) is 0 Å². The summed E-state index contributed by atoms with van der Waals surface area (Å²) in [6, 6.07) is 5.96. The standard InChI is InChI=1S/C14H18N4OS/c1-9-6-5-7-10(2)12(9)16-13(19)11(3)20-14-17-15-8-18(14)4/h5-8,11H,1-4H3,(H,16,19)/t11-/m1/s1. The number of thioether (sulfide) groups is 1. The Balaban J connectivity index is 2.06. The Morgan fingerprint density at radius 2 is 2.00 bits per heavy atom. The molecule has 1 heterocycles. The zero-order chi connectivity index (χ0) is 14.7. The third kappa shape index (κ3) is 3.19. The average molecular weight is 290 g/mol. The third-order valence-corrected chi connectivity index (χ3v) is 4.20. The fraction of sp³-hybridized carbons (Fsp3) is 0.357. The van der Waals surface area contributed by atoms with Crippen LogP contribution in [0.5, 0.6) is 0 Å². The Bertz CT molecular complexity index is 603. The summed E-state index contributed by atoms with van der Waals surface area (Å²) in [6.45, 7) is 5.84. The van der Waals surface area contributed by atoms with Crippen LogP contribution >= 0.6 is 11.8 Å². The lowest BCUT2D eigenvalue weighted by Crippen LogP contribution is -2.23. The maximum absolute atomic E-state index is 12.3. The number of anilines is 1. The van der Waals surface area contributed by atoms with Crippen molar-refractivity contribution in [3.8, 4) is 0 Å². The fourth-order valence-electron chi connectivity index (χ4n) is 1.83. The van der Waals surface area contributed by atoms with Crippen molar-refractivity contribution in [2.75, 3.05) is 5.32 Å². The lowest BCUT2D eigenvalue weighted by molar-refractivity contribution is -0.115. The van der Waals surface area contributed by atoms with Gasteiger partial charge in [-0.15, -0.1) is 10.2 Å². The molecule has 1 aromatic heterocycles. The Morgan fingerprint density at radius 3 is 2.55 bits per heavy atom. The summed E-state index contributed by atoms with van der Waals surface area (Å²) in [5, 5.41) is 11.3. The minimum atomic E-state index is -0.239. The van der Waals surface area contributed by atoms with Gasteiger partial charge in [0.15, 0.2) is 5.16 Å². The number of hydrogen-bond donors (Lipinski definition) is 1. The zero-order valence-corrected chi connectivity index (χ0v) is 12.9. The molecule has 20 heavy (non-hydrogen) atoms. The molecule has 1 aromatic carbocycles. The van der Waals surface area contributed by atoms with Gasteiger partial charge in [-0.2, -0.15) is 0 Å². The van der Waals surface area contributed by atoms with Crippen LogP contribution in [0.3, 0.4) is 0 Å². The Labute approximate surface area is 122 Å². The van der Waals surface area contributed by atoms with Gasteiger partial charge in [-0.3, -0.25) is 4.79 Å². The van der Waals surface area contributed by atoms with Crippen LogP contribution in [0, 0.1) is 13.8 Å². The van der Waals surface area contributed by atoms with E-state index >= 15 is 0 Å². The van der Waals surface area contributed by atoms with Crippen LogP contribution in [0.1, 0.15) is 18.1 Å². The normalized spacial score (nSPS) is 12.2. The number of rotatable bonds is 4. The molecule has 0 radical (unpaired) electrons. The average Bonchev–Trinajstić information content (AvgIpc) is 2.79. The van der Waals surface area contributed by atoms with Crippen molar-refractivity contribution in [3.63, 3.8) is 0 Å². The molecule has 1 N–H and O–H groups in total. The monoisotopic (exact) mass is 290 g/mol. The van der Waals surface area contributed by atoms with E-state index < -0.39 is 0 Å². The van der Waals surface area contributed by atoms with Gasteiger partial charge < -0.3 is 9.88 Å². The SMILES string of the molecule is Cc1cccc(C)c1NC(=O)[C@@H](C)Sc1nncn1C. The smallest absolute Gasteiger partial charge is 0.237 e. The Morgan fingerprint density at radius 1 is 1.35 bits per heavy atom. The molecule has 6 heteroatoms. The highest BCUT2D eigenvalue weighted by Gasteiger charge is 2.18. The van der Waals surface area contributed by atoms with E-state index in [0.717, 1.165) is 22.0 Å². The first kappa shape index (κ1) is 14.6. The maximum Gasteiger partial charge on any atom is 0.237 e. The van der Waals surface area contributed by atoms with E-state index in [-0.39, 0.29) is 11.2 Å². The quantitative estimate of drug-likeness (QED) is 0.879. The highest BCUT2D eigenvalue weighted by Crippen LogP contribution is 2.24. The second-order valence-corrected chi connectivity index (χ2v) is 6.05. The second kappa shape index (κ2) is 6.09. The summed E-state index contributed by atoms with van der Waals surface area (Å²) in [5.41, 5.74) is 3.02. The zero-order valence-electron chi connectivity index (χ0n) is 12.0. The molecule has 0 aliphatic carbocycles. The number of para-hydroxylation sites is 1. The number of carbonyl (C=O) groups is 1. The molecule has 0 spiro atoms. The lowest BCUT2D eigenvalue weighted by Gasteiger charge is -2.14. The first-order valence-corrected chi connectivity index (χ1v) is 7.24. The van der Waals surface area contributed by atoms with Crippen LogP contribution in [0.2, 0.25) is 0 Å². The van der Waals surface area contributed by atoms with Crippen LogP contribution in [0.4, 0.5) is 5.69 Å². The minimum absolute atomic E-state index is 0.0320. The number of amides is 1. The third-order valence-electron chi connectivity index (χ3n) is 3.05. The molecule has 1 amide bonds. The molecule has 0 saturated heterocycles. The first-order chi connectivity index (χ1) is 9.49. The molecule has 0 aliphatic rings. The van der Waals surface area contributed by atoms with Gasteiger partial charge in [0.25, 0.3) is 0 Å². The highest BCUT2D eigenvalue weighted by atomic mass is 32.2. The number of hydrogen-bond acceptors (Lipinski definition) is 4. The summed E-state index contributed by atoms with van der Waals surface area (Å²) in [4.78, 5) is 12.3. The second-order valence-electron chi connectivity index (χ2n) is 4.74. The molecule has 0 bridgehead atoms. The van der Waals surface area contributed by atoms with Gasteiger partial charge in [0.2, 0.25) is 5.91 Å². The van der Waals surface area contributed by atoms with Gasteiger partial charge >= 0.3 is 0 Å². The van der Waals surface area contributed by atoms with Crippen molar-refractivity contribution in [2.45, 2.75) is 31.2 Å². The highest BCUT2D eigenvalue weighted by molar-refractivity contribution is 8.00. The Kier molecular flexibility index (Phi) is 4.44. The van der Waals surface area contributed by atoms with E-state index in [1.807, 2.05) is 46.0 Å². The minimum Gasteiger partial charge on any atom is -0.325 e. The van der Waals surface area contributed by atoms with E-state index in [1.54, 1.807) is 10.9 Å². The number of nitrogens with zero attached hydrogens (tertiary/aromatic N) is 3. The fourth-order valence-corrected chi connectivity index (χ4v) is 2.62. The maximum atomic E-state index is 12.3. The Hall–Kier alpha value is -1.82. The van der Waals surface area contributed by atoms with Gasteiger partial charge in [0.1, 0.15) is 6.33 Å². The molecular formula is C14H18N4OS. The van der Waals surface area contributed by atoms with Crippen molar-refractivity contribution in [2.24, 2.45) is 7.05 Å². The van der Waals surface area contributed by atoms with Crippen molar-refractivity contribution < 1.29 is 4.79 Å². The summed E-state index contributed by atoms with van der Waals surface area (Å²) in [7, 11) is 1.86. The van der Waals surface area contributed by atoms with Gasteiger partial charge in [0.05, 0.1) is 5.25 Å². The van der Waals surface area contributed by atoms with Crippen molar-refractivity contribution in [1.29, 1.82) is 0 Å². The summed E-state index contributed by atoms with van der Waals surface area (Å²) < 4.78 is 1.80. The molecule has 0 unspecified atom stereocenters. The summed E-state index contributed by atoms with van der Waals surface area (Å²) in [6.07, 6.45) is 1.62. The van der Waals surface area contributed by atoms with Crippen molar-refractivity contribution in [3.05, 3.63) is 35.7 Å². The number of aryl methyl sites for hydroxylation is 3. The number of nitrogens with one attached hydrogen (secondary N) is 1. The van der Waals surface area contributed by atoms with Gasteiger partial charge in [-0.25, -0.2) is 0 Å². The van der Waals surface area contributed by atoms with Crippen molar-refractivity contribution >= 4 is 23.4 Å². The largest absolute Gasteiger partial charge is 0.325 e. The molecule has 2 rings (SSSR count). The van der Waals surface area contributed by atoms with E-state index in [9.17, 15) is 4.79 Å². The lowest BCUT2D eigenvalue weighted by atomic mass is 10.1. The van der Waals surface area contributed by atoms with Crippen LogP contribution in [0.15, 0.2) is 29.7 Å². The summed E-state index contributed by atoms with van der Waals surface area (Å²) >= 11 is 1.39. The topological polar surface area (TPSA) is 59.8 Å². The number of carbonyl (C=O) groups excluding carboxylic acids is 1. The molecule has 5 nitrogen and oxygen atoms in total. The van der Waals surface area contributed by atoms with Gasteiger partial charge in [0, 0.05) is 12.7 Å². The molecule has 0 saturated carbocycles. The molecule has 0 fully saturated rings.